The third kappa shape index (κ3) is 4.56. The Balaban J connectivity index is 1.60. The van der Waals surface area contributed by atoms with Gasteiger partial charge in [0.15, 0.2) is 0 Å². The van der Waals surface area contributed by atoms with Crippen molar-refractivity contribution in [2.45, 2.75) is 45.1 Å². The molecule has 1 N–H and O–H groups in total. The second-order valence-corrected chi connectivity index (χ2v) is 8.98. The Bertz CT molecular complexity index is 919. The van der Waals surface area contributed by atoms with Gasteiger partial charge >= 0.3 is 0 Å². The van der Waals surface area contributed by atoms with Crippen molar-refractivity contribution < 1.29 is 13.2 Å². The number of carbonyl (C=O) groups excluding carboxylic acids is 1. The summed E-state index contributed by atoms with van der Waals surface area (Å²) in [6.07, 6.45) is 1.39. The number of aromatic nitrogens is 2. The Morgan fingerprint density at radius 3 is 2.48 bits per heavy atom. The van der Waals surface area contributed by atoms with Crippen LogP contribution in [-0.2, 0) is 21.4 Å². The Labute approximate surface area is 160 Å². The van der Waals surface area contributed by atoms with Gasteiger partial charge in [0.1, 0.15) is 0 Å². The van der Waals surface area contributed by atoms with Crippen molar-refractivity contribution in [2.24, 2.45) is 5.92 Å². The summed E-state index contributed by atoms with van der Waals surface area (Å²) >= 11 is 0. The molecule has 1 fully saturated rings. The number of carbonyl (C=O) groups is 1. The quantitative estimate of drug-likeness (QED) is 0.786. The normalized spacial score (nSPS) is 16.1. The lowest BCUT2D eigenvalue weighted by Gasteiger charge is -2.17. The second kappa shape index (κ2) is 7.82. The molecule has 1 aromatic carbocycles. The van der Waals surface area contributed by atoms with Crippen molar-refractivity contribution in [2.75, 3.05) is 18.0 Å². The van der Waals surface area contributed by atoms with Gasteiger partial charge in [-0.05, 0) is 56.5 Å². The molecule has 1 saturated heterocycles. The molecule has 146 valence electrons. The lowest BCUT2D eigenvalue weighted by molar-refractivity contribution is -0.117. The highest BCUT2D eigenvalue weighted by Crippen LogP contribution is 2.23. The average Bonchev–Trinajstić information content (AvgIpc) is 3.18. The van der Waals surface area contributed by atoms with Crippen LogP contribution in [0.25, 0.3) is 0 Å². The van der Waals surface area contributed by atoms with Crippen LogP contribution in [-0.4, -0.2) is 37.2 Å². The van der Waals surface area contributed by atoms with E-state index in [4.69, 9.17) is 0 Å². The van der Waals surface area contributed by atoms with E-state index in [1.165, 1.54) is 0 Å². The van der Waals surface area contributed by atoms with Crippen molar-refractivity contribution >= 4 is 21.6 Å². The second-order valence-electron chi connectivity index (χ2n) is 7.21. The van der Waals surface area contributed by atoms with E-state index < -0.39 is 10.0 Å². The molecule has 0 aliphatic carbocycles. The predicted molar refractivity (Wildman–Crippen MR) is 104 cm³/mol. The van der Waals surface area contributed by atoms with Crippen LogP contribution in [0.2, 0.25) is 0 Å². The number of amides is 1. The molecule has 0 saturated carbocycles. The van der Waals surface area contributed by atoms with Crippen molar-refractivity contribution in [1.82, 2.24) is 14.5 Å². The van der Waals surface area contributed by atoms with Crippen LogP contribution < -0.4 is 9.62 Å². The molecule has 3 rings (SSSR count). The number of rotatable bonds is 7. The fourth-order valence-electron chi connectivity index (χ4n) is 3.28. The van der Waals surface area contributed by atoms with Gasteiger partial charge in [0.25, 0.3) is 0 Å². The van der Waals surface area contributed by atoms with E-state index in [1.807, 2.05) is 31.5 Å². The molecular formula is C19H26N4O3S. The molecule has 2 aromatic rings. The predicted octanol–water partition coefficient (Wildman–Crippen LogP) is 2.24. The fraction of sp³-hybridized carbons (Fsp3) is 0.474. The van der Waals surface area contributed by atoms with Crippen LogP contribution in [0.3, 0.4) is 0 Å². The van der Waals surface area contributed by atoms with Crippen molar-refractivity contribution in [1.29, 1.82) is 0 Å². The summed E-state index contributed by atoms with van der Waals surface area (Å²) in [6, 6.07) is 8.49. The van der Waals surface area contributed by atoms with Crippen LogP contribution in [0.4, 0.5) is 5.69 Å². The number of sulfonamides is 1. The number of hydrogen-bond donors (Lipinski definition) is 1. The van der Waals surface area contributed by atoms with Gasteiger partial charge in [-0.3, -0.25) is 9.48 Å². The molecule has 0 bridgehead atoms. The molecule has 0 radical (unpaired) electrons. The van der Waals surface area contributed by atoms with Gasteiger partial charge in [0, 0.05) is 37.4 Å². The summed E-state index contributed by atoms with van der Waals surface area (Å²) in [5.41, 5.74) is 2.76. The third-order valence-corrected chi connectivity index (χ3v) is 6.18. The van der Waals surface area contributed by atoms with E-state index in [-0.39, 0.29) is 16.7 Å². The highest BCUT2D eigenvalue weighted by Gasteiger charge is 2.22. The van der Waals surface area contributed by atoms with E-state index >= 15 is 0 Å². The van der Waals surface area contributed by atoms with Crippen LogP contribution >= 0.6 is 0 Å². The monoisotopic (exact) mass is 390 g/mol. The van der Waals surface area contributed by atoms with E-state index in [0.717, 1.165) is 23.5 Å². The Hall–Kier alpha value is -2.19. The summed E-state index contributed by atoms with van der Waals surface area (Å²) in [7, 11) is -3.59. The number of nitrogens with zero attached hydrogens (tertiary/aromatic N) is 3. The number of benzene rings is 1. The molecule has 2 heterocycles. The minimum absolute atomic E-state index is 0.0849. The van der Waals surface area contributed by atoms with Gasteiger partial charge in [0.05, 0.1) is 10.6 Å². The molecule has 7 nitrogen and oxygen atoms in total. The van der Waals surface area contributed by atoms with Crippen LogP contribution in [0.1, 0.15) is 31.2 Å². The van der Waals surface area contributed by atoms with Crippen LogP contribution in [0, 0.1) is 19.8 Å². The fourth-order valence-corrected chi connectivity index (χ4v) is 4.45. The van der Waals surface area contributed by atoms with Crippen molar-refractivity contribution in [3.05, 3.63) is 41.7 Å². The Kier molecular flexibility index (Phi) is 5.67. The van der Waals surface area contributed by atoms with Crippen molar-refractivity contribution in [3.8, 4) is 0 Å². The maximum absolute atomic E-state index is 12.5. The molecule has 1 aromatic heterocycles. The maximum atomic E-state index is 12.5. The van der Waals surface area contributed by atoms with Gasteiger partial charge in [-0.2, -0.15) is 5.10 Å². The first kappa shape index (κ1) is 19.6. The summed E-state index contributed by atoms with van der Waals surface area (Å²) in [6.45, 7) is 7.58. The molecular weight excluding hydrogens is 364 g/mol. The van der Waals surface area contributed by atoms with E-state index in [0.29, 0.717) is 26.1 Å². The topological polar surface area (TPSA) is 84.3 Å². The van der Waals surface area contributed by atoms with Crippen LogP contribution in [0.5, 0.6) is 0 Å². The van der Waals surface area contributed by atoms with E-state index in [1.54, 1.807) is 29.2 Å². The minimum Gasteiger partial charge on any atom is -0.312 e. The third-order valence-electron chi connectivity index (χ3n) is 4.74. The lowest BCUT2D eigenvalue weighted by atomic mass is 10.2. The number of aryl methyl sites for hydroxylation is 2. The highest BCUT2D eigenvalue weighted by molar-refractivity contribution is 7.89. The van der Waals surface area contributed by atoms with Gasteiger partial charge in [-0.25, -0.2) is 13.1 Å². The zero-order chi connectivity index (χ0) is 19.6. The molecule has 1 atom stereocenters. The zero-order valence-corrected chi connectivity index (χ0v) is 16.8. The number of hydrogen-bond acceptors (Lipinski definition) is 4. The molecule has 8 heteroatoms. The first-order chi connectivity index (χ1) is 12.8. The smallest absolute Gasteiger partial charge is 0.240 e. The van der Waals surface area contributed by atoms with Gasteiger partial charge in [0.2, 0.25) is 15.9 Å². The minimum atomic E-state index is -3.59. The summed E-state index contributed by atoms with van der Waals surface area (Å²) in [5.74, 6) is 0.181. The van der Waals surface area contributed by atoms with Gasteiger partial charge in [-0.15, -0.1) is 0 Å². The molecule has 1 amide bonds. The van der Waals surface area contributed by atoms with E-state index in [2.05, 4.69) is 9.82 Å². The first-order valence-electron chi connectivity index (χ1n) is 9.17. The summed E-state index contributed by atoms with van der Waals surface area (Å²) in [5, 5.41) is 4.41. The highest BCUT2D eigenvalue weighted by atomic mass is 32.2. The number of anilines is 1. The Morgan fingerprint density at radius 1 is 1.22 bits per heavy atom. The van der Waals surface area contributed by atoms with Gasteiger partial charge in [-0.1, -0.05) is 6.92 Å². The van der Waals surface area contributed by atoms with Gasteiger partial charge < -0.3 is 4.90 Å². The van der Waals surface area contributed by atoms with Crippen LogP contribution in [0.15, 0.2) is 35.2 Å². The maximum Gasteiger partial charge on any atom is 0.240 e. The zero-order valence-electron chi connectivity index (χ0n) is 16.0. The average molecular weight is 391 g/mol. The van der Waals surface area contributed by atoms with E-state index in [9.17, 15) is 13.2 Å². The van der Waals surface area contributed by atoms with Crippen molar-refractivity contribution in [3.63, 3.8) is 0 Å². The molecule has 1 aliphatic heterocycles. The molecule has 0 unspecified atom stereocenters. The molecule has 0 spiro atoms. The first-order valence-corrected chi connectivity index (χ1v) is 10.7. The largest absolute Gasteiger partial charge is 0.312 e. The molecule has 27 heavy (non-hydrogen) atoms. The molecule has 1 aliphatic rings. The lowest BCUT2D eigenvalue weighted by Crippen LogP contribution is -2.30. The number of nitrogens with one attached hydrogen (secondary N) is 1. The Morgan fingerprint density at radius 2 is 1.93 bits per heavy atom. The SMILES string of the molecule is Cc1cc(C)n(C[C@H](C)CNS(=O)(=O)c2ccc(N3CCCC3=O)cc2)n1. The summed E-state index contributed by atoms with van der Waals surface area (Å²) in [4.78, 5) is 13.7. The summed E-state index contributed by atoms with van der Waals surface area (Å²) < 4.78 is 29.7. The standard InChI is InChI=1S/C19H26N4O3S/c1-14(13-23-16(3)11-15(2)21-23)12-20-27(25,26)18-8-6-17(7-9-18)22-10-4-5-19(22)24/h6-9,11,14,20H,4-5,10,12-13H2,1-3H3/t14-/m1/s1.